The Labute approximate surface area is 225 Å². The SMILES string of the molecule is CC[C@H](C)[C@H](NC(=O)C(C)(C)N(C)C)C(=O)N(C)[C@H](C[C@@H](OC(C)=O)c1nc(C(=O)NC)cs1)C(C)C. The minimum absolute atomic E-state index is 0.0110. The zero-order chi connectivity index (χ0) is 28.7. The molecule has 0 aliphatic carbocycles. The van der Waals surface area contributed by atoms with Crippen molar-refractivity contribution in [3.05, 3.63) is 16.1 Å². The summed E-state index contributed by atoms with van der Waals surface area (Å²) < 4.78 is 5.60. The Kier molecular flexibility index (Phi) is 12.2. The van der Waals surface area contributed by atoms with Gasteiger partial charge in [-0.2, -0.15) is 0 Å². The Balaban J connectivity index is 3.29. The zero-order valence-electron chi connectivity index (χ0n) is 24.2. The average molecular weight is 540 g/mol. The number of nitrogens with one attached hydrogen (secondary N) is 2. The molecule has 0 aromatic carbocycles. The van der Waals surface area contributed by atoms with Gasteiger partial charge in [0, 0.05) is 38.9 Å². The van der Waals surface area contributed by atoms with E-state index in [-0.39, 0.29) is 41.3 Å². The molecule has 0 fully saturated rings. The molecule has 1 rings (SSSR count). The standard InChI is InChI=1S/C26H45N5O5S/c1-12-16(4)21(29-25(35)26(6,7)30(9)10)24(34)31(11)19(15(2)3)13-20(36-17(5)32)23-28-18(14-37-23)22(33)27-8/h14-16,19-21H,12-13H2,1-11H3,(H,27,33)(H,29,35)/t16-,19+,20+,21-/m0/s1. The van der Waals surface area contributed by atoms with Gasteiger partial charge in [0.25, 0.3) is 5.91 Å². The molecule has 0 unspecified atom stereocenters. The van der Waals surface area contributed by atoms with E-state index in [0.717, 1.165) is 0 Å². The van der Waals surface area contributed by atoms with Crippen molar-refractivity contribution in [2.24, 2.45) is 11.8 Å². The van der Waals surface area contributed by atoms with Crippen LogP contribution in [-0.2, 0) is 19.1 Å². The molecule has 1 aromatic heterocycles. The van der Waals surface area contributed by atoms with Crippen molar-refractivity contribution in [3.63, 3.8) is 0 Å². The second-order valence-corrected chi connectivity index (χ2v) is 11.4. The lowest BCUT2D eigenvalue weighted by molar-refractivity contribution is -0.149. The first-order chi connectivity index (χ1) is 17.1. The van der Waals surface area contributed by atoms with E-state index in [2.05, 4.69) is 15.6 Å². The summed E-state index contributed by atoms with van der Waals surface area (Å²) >= 11 is 1.23. The van der Waals surface area contributed by atoms with Gasteiger partial charge in [0.1, 0.15) is 16.7 Å². The first kappa shape index (κ1) is 32.5. The zero-order valence-corrected chi connectivity index (χ0v) is 25.0. The molecule has 3 amide bonds. The predicted octanol–water partition coefficient (Wildman–Crippen LogP) is 2.85. The summed E-state index contributed by atoms with van der Waals surface area (Å²) in [6.45, 7) is 12.9. The fraction of sp³-hybridized carbons (Fsp3) is 0.731. The molecule has 0 spiro atoms. The summed E-state index contributed by atoms with van der Waals surface area (Å²) in [5.41, 5.74) is -0.552. The maximum absolute atomic E-state index is 13.8. The van der Waals surface area contributed by atoms with Gasteiger partial charge in [0.05, 0.1) is 5.54 Å². The molecule has 11 heteroatoms. The maximum Gasteiger partial charge on any atom is 0.303 e. The number of hydrogen-bond acceptors (Lipinski definition) is 8. The molecule has 37 heavy (non-hydrogen) atoms. The first-order valence-corrected chi connectivity index (χ1v) is 13.6. The van der Waals surface area contributed by atoms with Crippen LogP contribution in [0.3, 0.4) is 0 Å². The van der Waals surface area contributed by atoms with E-state index in [1.54, 1.807) is 17.3 Å². The van der Waals surface area contributed by atoms with E-state index in [0.29, 0.717) is 17.8 Å². The van der Waals surface area contributed by atoms with Crippen molar-refractivity contribution in [2.45, 2.75) is 85.0 Å². The van der Waals surface area contributed by atoms with Crippen LogP contribution in [0.25, 0.3) is 0 Å². The highest BCUT2D eigenvalue weighted by atomic mass is 32.1. The van der Waals surface area contributed by atoms with Crippen LogP contribution in [0.1, 0.15) is 82.9 Å². The summed E-state index contributed by atoms with van der Waals surface area (Å²) in [6, 6.07) is -1.04. The van der Waals surface area contributed by atoms with E-state index in [1.807, 2.05) is 60.5 Å². The summed E-state index contributed by atoms with van der Waals surface area (Å²) in [5, 5.41) is 7.63. The number of nitrogens with zero attached hydrogens (tertiary/aromatic N) is 3. The molecule has 10 nitrogen and oxygen atoms in total. The van der Waals surface area contributed by atoms with Crippen molar-refractivity contribution in [1.29, 1.82) is 0 Å². The Morgan fingerprint density at radius 1 is 1.14 bits per heavy atom. The molecule has 0 aliphatic heterocycles. The number of esters is 1. The fourth-order valence-electron chi connectivity index (χ4n) is 3.75. The molecular weight excluding hydrogens is 494 g/mol. The number of ether oxygens (including phenoxy) is 1. The third-order valence-electron chi connectivity index (χ3n) is 7.07. The van der Waals surface area contributed by atoms with Crippen LogP contribution in [0.15, 0.2) is 5.38 Å². The Morgan fingerprint density at radius 2 is 1.73 bits per heavy atom. The molecule has 2 N–H and O–H groups in total. The number of amides is 3. The average Bonchev–Trinajstić information content (AvgIpc) is 3.32. The van der Waals surface area contributed by atoms with Crippen molar-refractivity contribution in [3.8, 4) is 0 Å². The van der Waals surface area contributed by atoms with Gasteiger partial charge in [-0.3, -0.25) is 24.1 Å². The lowest BCUT2D eigenvalue weighted by Gasteiger charge is -2.38. The quantitative estimate of drug-likeness (QED) is 0.370. The molecule has 1 aromatic rings. The lowest BCUT2D eigenvalue weighted by Crippen LogP contribution is -2.60. The van der Waals surface area contributed by atoms with Crippen LogP contribution in [0.4, 0.5) is 0 Å². The molecule has 1 heterocycles. The molecule has 0 aliphatic rings. The topological polar surface area (TPSA) is 121 Å². The third kappa shape index (κ3) is 8.49. The van der Waals surface area contributed by atoms with E-state index in [1.165, 1.54) is 25.3 Å². The summed E-state index contributed by atoms with van der Waals surface area (Å²) in [5.74, 6) is -1.33. The van der Waals surface area contributed by atoms with Gasteiger partial charge >= 0.3 is 5.97 Å². The Hall–Kier alpha value is -2.53. The monoisotopic (exact) mass is 539 g/mol. The largest absolute Gasteiger partial charge is 0.455 e. The van der Waals surface area contributed by atoms with Crippen LogP contribution >= 0.6 is 11.3 Å². The summed E-state index contributed by atoms with van der Waals surface area (Å²) in [4.78, 5) is 58.7. The fourth-order valence-corrected chi connectivity index (χ4v) is 4.59. The van der Waals surface area contributed by atoms with Crippen LogP contribution < -0.4 is 10.6 Å². The molecule has 0 radical (unpaired) electrons. The number of hydrogen-bond donors (Lipinski definition) is 2. The van der Waals surface area contributed by atoms with Gasteiger partial charge in [-0.1, -0.05) is 34.1 Å². The highest BCUT2D eigenvalue weighted by Crippen LogP contribution is 2.31. The van der Waals surface area contributed by atoms with E-state index >= 15 is 0 Å². The van der Waals surface area contributed by atoms with Crippen molar-refractivity contribution in [1.82, 2.24) is 25.4 Å². The normalized spacial score (nSPS) is 15.1. The minimum atomic E-state index is -0.796. The second kappa shape index (κ2) is 13.9. The molecule has 4 atom stereocenters. The highest BCUT2D eigenvalue weighted by molar-refractivity contribution is 7.09. The number of likely N-dealkylation sites (N-methyl/N-ethyl adjacent to an activating group) is 2. The van der Waals surface area contributed by atoms with Crippen LogP contribution in [0, 0.1) is 11.8 Å². The van der Waals surface area contributed by atoms with Crippen molar-refractivity contribution in [2.75, 3.05) is 28.2 Å². The van der Waals surface area contributed by atoms with Gasteiger partial charge in [0.15, 0.2) is 6.10 Å². The van der Waals surface area contributed by atoms with Gasteiger partial charge in [-0.25, -0.2) is 4.98 Å². The number of rotatable bonds is 13. The second-order valence-electron chi connectivity index (χ2n) is 10.5. The maximum atomic E-state index is 13.8. The van der Waals surface area contributed by atoms with Gasteiger partial charge in [-0.15, -0.1) is 11.3 Å². The van der Waals surface area contributed by atoms with Crippen molar-refractivity contribution >= 4 is 35.0 Å². The highest BCUT2D eigenvalue weighted by Gasteiger charge is 2.38. The van der Waals surface area contributed by atoms with E-state index in [4.69, 9.17) is 4.74 Å². The Bertz CT molecular complexity index is 946. The Morgan fingerprint density at radius 3 is 2.19 bits per heavy atom. The molecule has 0 saturated heterocycles. The van der Waals surface area contributed by atoms with Gasteiger partial charge in [0.2, 0.25) is 11.8 Å². The number of carbonyl (C=O) groups excluding carboxylic acids is 4. The van der Waals surface area contributed by atoms with Crippen LogP contribution in [-0.4, -0.2) is 84.3 Å². The molecule has 210 valence electrons. The van der Waals surface area contributed by atoms with Gasteiger partial charge < -0.3 is 20.3 Å². The van der Waals surface area contributed by atoms with Crippen LogP contribution in [0.2, 0.25) is 0 Å². The predicted molar refractivity (Wildman–Crippen MR) is 145 cm³/mol. The third-order valence-corrected chi connectivity index (χ3v) is 8.01. The summed E-state index contributed by atoms with van der Waals surface area (Å²) in [6.07, 6.45) is 0.272. The van der Waals surface area contributed by atoms with Crippen LogP contribution in [0.5, 0.6) is 0 Å². The van der Waals surface area contributed by atoms with E-state index < -0.39 is 23.7 Å². The summed E-state index contributed by atoms with van der Waals surface area (Å²) in [7, 11) is 6.88. The van der Waals surface area contributed by atoms with Gasteiger partial charge in [-0.05, 0) is 39.8 Å². The number of aromatic nitrogens is 1. The first-order valence-electron chi connectivity index (χ1n) is 12.7. The molecule has 0 bridgehead atoms. The van der Waals surface area contributed by atoms with Crippen molar-refractivity contribution < 1.29 is 23.9 Å². The minimum Gasteiger partial charge on any atom is -0.455 e. The smallest absolute Gasteiger partial charge is 0.303 e. The molecular formula is C26H45N5O5S. The number of thiazole rings is 1. The van der Waals surface area contributed by atoms with E-state index in [9.17, 15) is 19.2 Å². The number of carbonyl (C=O) groups is 4. The molecule has 0 saturated carbocycles. The lowest BCUT2D eigenvalue weighted by atomic mass is 9.92.